The minimum atomic E-state index is -3.95. The molecule has 0 aromatic heterocycles. The summed E-state index contributed by atoms with van der Waals surface area (Å²) in [4.78, 5) is 0. The van der Waals surface area contributed by atoms with E-state index in [0.717, 1.165) is 32.1 Å². The highest BCUT2D eigenvalue weighted by Crippen LogP contribution is 2.19. The second kappa shape index (κ2) is 19.8. The SMILES string of the molecule is CCCCCCCCCCCCCCCCCC(CCCCC(C)O)S(=O)(=O)O. The molecule has 2 atom stereocenters. The van der Waals surface area contributed by atoms with Gasteiger partial charge in [-0.1, -0.05) is 116 Å². The first-order chi connectivity index (χ1) is 13.9. The van der Waals surface area contributed by atoms with Crippen LogP contribution in [-0.4, -0.2) is 29.4 Å². The van der Waals surface area contributed by atoms with Gasteiger partial charge in [-0.25, -0.2) is 0 Å². The second-order valence-corrected chi connectivity index (χ2v) is 10.7. The van der Waals surface area contributed by atoms with E-state index in [0.29, 0.717) is 19.3 Å². The highest BCUT2D eigenvalue weighted by Gasteiger charge is 2.21. The first kappa shape index (κ1) is 28.9. The molecule has 0 aromatic rings. The summed E-state index contributed by atoms with van der Waals surface area (Å²) in [5.74, 6) is 0. The Labute approximate surface area is 182 Å². The van der Waals surface area contributed by atoms with Gasteiger partial charge in [0.2, 0.25) is 0 Å². The van der Waals surface area contributed by atoms with Crippen LogP contribution in [0.5, 0.6) is 0 Å². The molecule has 2 N–H and O–H groups in total. The van der Waals surface area contributed by atoms with Crippen molar-refractivity contribution in [1.29, 1.82) is 0 Å². The van der Waals surface area contributed by atoms with Gasteiger partial charge in [0.15, 0.2) is 0 Å². The highest BCUT2D eigenvalue weighted by atomic mass is 32.2. The summed E-state index contributed by atoms with van der Waals surface area (Å²) in [6.07, 6.45) is 22.4. The van der Waals surface area contributed by atoms with Crippen molar-refractivity contribution in [1.82, 2.24) is 0 Å². The molecule has 0 aliphatic carbocycles. The smallest absolute Gasteiger partial charge is 0.267 e. The van der Waals surface area contributed by atoms with Crippen LogP contribution in [0.3, 0.4) is 0 Å². The monoisotopic (exact) mass is 434 g/mol. The molecule has 0 saturated heterocycles. The van der Waals surface area contributed by atoms with E-state index in [1.165, 1.54) is 77.0 Å². The molecule has 0 rings (SSSR count). The molecule has 0 spiro atoms. The van der Waals surface area contributed by atoms with Crippen LogP contribution in [0.25, 0.3) is 0 Å². The molecule has 0 bridgehead atoms. The Morgan fingerprint density at radius 2 is 0.897 bits per heavy atom. The Bertz CT molecular complexity index is 434. The van der Waals surface area contributed by atoms with Gasteiger partial charge in [0.05, 0.1) is 11.4 Å². The summed E-state index contributed by atoms with van der Waals surface area (Å²) < 4.78 is 32.5. The van der Waals surface area contributed by atoms with Crippen molar-refractivity contribution in [3.8, 4) is 0 Å². The van der Waals surface area contributed by atoms with Crippen LogP contribution in [0.15, 0.2) is 0 Å². The maximum Gasteiger partial charge on any atom is 0.267 e. The Kier molecular flexibility index (Phi) is 19.7. The van der Waals surface area contributed by atoms with Crippen LogP contribution in [0, 0.1) is 0 Å². The number of aliphatic hydroxyl groups excluding tert-OH is 1. The van der Waals surface area contributed by atoms with Gasteiger partial charge in [-0.15, -0.1) is 0 Å². The van der Waals surface area contributed by atoms with Crippen molar-refractivity contribution in [2.75, 3.05) is 0 Å². The van der Waals surface area contributed by atoms with Gasteiger partial charge in [0.1, 0.15) is 0 Å². The molecule has 0 fully saturated rings. The lowest BCUT2D eigenvalue weighted by atomic mass is 10.0. The van der Waals surface area contributed by atoms with Crippen LogP contribution < -0.4 is 0 Å². The quantitative estimate of drug-likeness (QED) is 0.137. The fourth-order valence-corrected chi connectivity index (χ4v) is 4.93. The van der Waals surface area contributed by atoms with E-state index >= 15 is 0 Å². The number of rotatable bonds is 22. The third kappa shape index (κ3) is 20.9. The molecule has 5 heteroatoms. The first-order valence-electron chi connectivity index (χ1n) is 12.5. The number of hydrogen-bond donors (Lipinski definition) is 2. The lowest BCUT2D eigenvalue weighted by Gasteiger charge is -2.14. The molecule has 29 heavy (non-hydrogen) atoms. The molecule has 0 aromatic carbocycles. The third-order valence-electron chi connectivity index (χ3n) is 5.95. The number of aliphatic hydroxyl groups is 1. The van der Waals surface area contributed by atoms with E-state index in [9.17, 15) is 18.1 Å². The first-order valence-corrected chi connectivity index (χ1v) is 14.0. The van der Waals surface area contributed by atoms with Gasteiger partial charge < -0.3 is 5.11 Å². The van der Waals surface area contributed by atoms with E-state index in [2.05, 4.69) is 6.92 Å². The van der Waals surface area contributed by atoms with E-state index in [1.807, 2.05) is 0 Å². The minimum absolute atomic E-state index is 0.338. The molecule has 2 unspecified atom stereocenters. The summed E-state index contributed by atoms with van der Waals surface area (Å²) >= 11 is 0. The fraction of sp³-hybridized carbons (Fsp3) is 1.00. The van der Waals surface area contributed by atoms with Crippen molar-refractivity contribution in [3.63, 3.8) is 0 Å². The van der Waals surface area contributed by atoms with Crippen LogP contribution in [0.1, 0.15) is 142 Å². The maximum absolute atomic E-state index is 11.5. The molecule has 176 valence electrons. The van der Waals surface area contributed by atoms with Crippen molar-refractivity contribution >= 4 is 10.1 Å². The second-order valence-electron chi connectivity index (χ2n) is 9.01. The zero-order valence-corrected chi connectivity index (χ0v) is 20.2. The van der Waals surface area contributed by atoms with Crippen molar-refractivity contribution in [2.45, 2.75) is 154 Å². The Morgan fingerprint density at radius 1 is 0.586 bits per heavy atom. The Hall–Kier alpha value is -0.130. The molecule has 0 amide bonds. The Morgan fingerprint density at radius 3 is 1.24 bits per heavy atom. The molecule has 4 nitrogen and oxygen atoms in total. The summed E-state index contributed by atoms with van der Waals surface area (Å²) in [5.41, 5.74) is 0. The van der Waals surface area contributed by atoms with Crippen molar-refractivity contribution < 1.29 is 18.1 Å². The van der Waals surface area contributed by atoms with Crippen molar-refractivity contribution in [2.24, 2.45) is 0 Å². The van der Waals surface area contributed by atoms with Gasteiger partial charge in [0, 0.05) is 0 Å². The number of hydrogen-bond acceptors (Lipinski definition) is 3. The van der Waals surface area contributed by atoms with Gasteiger partial charge in [-0.05, 0) is 26.2 Å². The average molecular weight is 435 g/mol. The predicted molar refractivity (Wildman–Crippen MR) is 125 cm³/mol. The van der Waals surface area contributed by atoms with Gasteiger partial charge in [0.25, 0.3) is 10.1 Å². The van der Waals surface area contributed by atoms with E-state index in [-0.39, 0.29) is 6.10 Å². The maximum atomic E-state index is 11.5. The standard InChI is InChI=1S/C24H50O4S/c1-3-4-5-6-7-8-9-10-11-12-13-14-15-16-17-21-24(29(26,27)28)22-19-18-20-23(2)25/h23-25H,3-22H2,1-2H3,(H,26,27,28). The zero-order chi connectivity index (χ0) is 21.8. The summed E-state index contributed by atoms with van der Waals surface area (Å²) in [6.45, 7) is 4.01. The van der Waals surface area contributed by atoms with Crippen LogP contribution in [0.2, 0.25) is 0 Å². The molecular formula is C24H50O4S. The van der Waals surface area contributed by atoms with Gasteiger partial charge >= 0.3 is 0 Å². The summed E-state index contributed by atoms with van der Waals surface area (Å²) in [6, 6.07) is 0. The normalized spacial score (nSPS) is 14.2. The minimum Gasteiger partial charge on any atom is -0.393 e. The summed E-state index contributed by atoms with van der Waals surface area (Å²) in [7, 11) is -3.95. The Balaban J connectivity index is 3.51. The van der Waals surface area contributed by atoms with Gasteiger partial charge in [-0.3, -0.25) is 4.55 Å². The molecule has 0 saturated carbocycles. The zero-order valence-electron chi connectivity index (χ0n) is 19.4. The van der Waals surface area contributed by atoms with Crippen LogP contribution in [0.4, 0.5) is 0 Å². The highest BCUT2D eigenvalue weighted by molar-refractivity contribution is 7.86. The lowest BCUT2D eigenvalue weighted by Crippen LogP contribution is -2.20. The molecular weight excluding hydrogens is 384 g/mol. The largest absolute Gasteiger partial charge is 0.393 e. The fourth-order valence-electron chi connectivity index (χ4n) is 4.00. The van der Waals surface area contributed by atoms with E-state index in [1.54, 1.807) is 6.92 Å². The molecule has 0 heterocycles. The molecule has 0 aliphatic rings. The van der Waals surface area contributed by atoms with E-state index < -0.39 is 15.4 Å². The molecule has 0 radical (unpaired) electrons. The van der Waals surface area contributed by atoms with E-state index in [4.69, 9.17) is 0 Å². The lowest BCUT2D eigenvalue weighted by molar-refractivity contribution is 0.180. The van der Waals surface area contributed by atoms with Crippen molar-refractivity contribution in [3.05, 3.63) is 0 Å². The third-order valence-corrected chi connectivity index (χ3v) is 7.26. The number of unbranched alkanes of at least 4 members (excludes halogenated alkanes) is 15. The predicted octanol–water partition coefficient (Wildman–Crippen LogP) is 7.45. The summed E-state index contributed by atoms with van der Waals surface area (Å²) in [5, 5.41) is 8.64. The topological polar surface area (TPSA) is 74.6 Å². The van der Waals surface area contributed by atoms with Gasteiger partial charge in [-0.2, -0.15) is 8.42 Å². The molecule has 0 aliphatic heterocycles. The van der Waals surface area contributed by atoms with Crippen LogP contribution >= 0.6 is 0 Å². The average Bonchev–Trinajstić information content (AvgIpc) is 2.65. The van der Waals surface area contributed by atoms with Crippen LogP contribution in [-0.2, 0) is 10.1 Å².